The van der Waals surface area contributed by atoms with Gasteiger partial charge in [0.25, 0.3) is 0 Å². The van der Waals surface area contributed by atoms with Crippen molar-refractivity contribution in [2.45, 2.75) is 57.6 Å². The Kier molecular flexibility index (Phi) is 12.6. The Bertz CT molecular complexity index is 773. The predicted molar refractivity (Wildman–Crippen MR) is 127 cm³/mol. The number of nitrogens with one attached hydrogen (secondary N) is 3. The minimum absolute atomic E-state index is 0.185. The zero-order valence-electron chi connectivity index (χ0n) is 19.8. The summed E-state index contributed by atoms with van der Waals surface area (Å²) in [5.41, 5.74) is 0.0557. The van der Waals surface area contributed by atoms with E-state index in [2.05, 4.69) is 25.2 Å². The molecule has 0 bridgehead atoms. The van der Waals surface area contributed by atoms with Crippen LogP contribution in [0.15, 0.2) is 24.5 Å². The van der Waals surface area contributed by atoms with Crippen molar-refractivity contribution in [2.24, 2.45) is 0 Å². The van der Waals surface area contributed by atoms with Gasteiger partial charge in [0.2, 0.25) is 10.0 Å². The van der Waals surface area contributed by atoms with Gasteiger partial charge in [-0.05, 0) is 44.7 Å². The molecule has 10 nitrogen and oxygen atoms in total. The average Bonchev–Trinajstić information content (AvgIpc) is 2.79. The van der Waals surface area contributed by atoms with Crippen molar-refractivity contribution < 1.29 is 22.7 Å². The molecule has 0 aromatic carbocycles. The van der Waals surface area contributed by atoms with E-state index in [1.54, 1.807) is 26.2 Å². The topological polar surface area (TPSA) is 122 Å². The smallest absolute Gasteiger partial charge is 0.315 e. The van der Waals surface area contributed by atoms with Crippen LogP contribution in [0, 0.1) is 0 Å². The van der Waals surface area contributed by atoms with Gasteiger partial charge in [0.15, 0.2) is 5.44 Å². The van der Waals surface area contributed by atoms with Crippen LogP contribution in [0.25, 0.3) is 0 Å². The van der Waals surface area contributed by atoms with Gasteiger partial charge in [-0.25, -0.2) is 17.9 Å². The number of amides is 2. The minimum atomic E-state index is -3.56. The third-order valence-electron chi connectivity index (χ3n) is 5.14. The lowest BCUT2D eigenvalue weighted by atomic mass is 10.2. The van der Waals surface area contributed by atoms with Crippen molar-refractivity contribution in [1.29, 1.82) is 0 Å². The molecule has 0 saturated carbocycles. The van der Waals surface area contributed by atoms with E-state index in [0.717, 1.165) is 31.5 Å². The van der Waals surface area contributed by atoms with Gasteiger partial charge in [0, 0.05) is 51.2 Å². The van der Waals surface area contributed by atoms with Gasteiger partial charge in [0.1, 0.15) is 0 Å². The van der Waals surface area contributed by atoms with Gasteiger partial charge in [-0.1, -0.05) is 12.5 Å². The lowest BCUT2D eigenvalue weighted by Gasteiger charge is -2.27. The maximum atomic E-state index is 12.7. The van der Waals surface area contributed by atoms with E-state index in [1.807, 2.05) is 12.1 Å². The number of sulfonamides is 1. The monoisotopic (exact) mass is 485 g/mol. The van der Waals surface area contributed by atoms with E-state index in [0.29, 0.717) is 52.3 Å². The summed E-state index contributed by atoms with van der Waals surface area (Å²) >= 11 is 0. The second-order valence-electron chi connectivity index (χ2n) is 8.39. The fourth-order valence-electron chi connectivity index (χ4n) is 3.43. The number of carbonyl (C=O) groups is 1. The number of unbranched alkanes of at least 4 members (excludes halogenated alkanes) is 2. The highest BCUT2D eigenvalue weighted by Crippen LogP contribution is 2.13. The molecule has 1 aliphatic rings. The number of carbonyl (C=O) groups excluding carboxylic acids is 1. The highest BCUT2D eigenvalue weighted by molar-refractivity contribution is 7.90. The summed E-state index contributed by atoms with van der Waals surface area (Å²) in [5.74, 6) is 0. The molecule has 1 aliphatic heterocycles. The zero-order chi connectivity index (χ0) is 23.9. The summed E-state index contributed by atoms with van der Waals surface area (Å²) in [6, 6.07) is 3.31. The van der Waals surface area contributed by atoms with Crippen LogP contribution in [0.5, 0.6) is 0 Å². The van der Waals surface area contributed by atoms with Crippen LogP contribution in [-0.4, -0.2) is 81.8 Å². The normalized spacial score (nSPS) is 16.0. The van der Waals surface area contributed by atoms with Crippen molar-refractivity contribution in [1.82, 2.24) is 25.2 Å². The largest absolute Gasteiger partial charge is 0.379 e. The molecule has 1 saturated heterocycles. The van der Waals surface area contributed by atoms with E-state index in [-0.39, 0.29) is 12.1 Å². The molecule has 0 spiro atoms. The van der Waals surface area contributed by atoms with Crippen LogP contribution >= 0.6 is 0 Å². The fraction of sp³-hybridized carbons (Fsp3) is 0.727. The molecule has 2 heterocycles. The molecular formula is C22H39N5O5S. The molecule has 1 unspecified atom stereocenters. The number of pyridine rings is 1. The Morgan fingerprint density at radius 2 is 2.00 bits per heavy atom. The number of rotatable bonds is 15. The molecule has 1 aromatic heterocycles. The van der Waals surface area contributed by atoms with E-state index in [4.69, 9.17) is 9.47 Å². The van der Waals surface area contributed by atoms with Crippen LogP contribution in [-0.2, 0) is 26.0 Å². The Hall–Kier alpha value is -1.79. The summed E-state index contributed by atoms with van der Waals surface area (Å²) in [6.07, 6.45) is 6.07. The van der Waals surface area contributed by atoms with Crippen molar-refractivity contribution in [2.75, 3.05) is 46.0 Å². The fourth-order valence-corrected chi connectivity index (χ4v) is 4.99. The standard InChI is InChI=1S/C22H39N5O5S/c1-19(2)26-33(29,30)21(32-16-13-27-11-14-31-15-12-27)8-4-3-5-10-24-22(28)25-18-20-7-6-9-23-17-20/h6-7,9,17,19,21,26H,3-5,8,10-16,18H2,1-2H3,(H2,24,25,28). The molecule has 0 aliphatic carbocycles. The molecule has 2 amide bonds. The Labute approximate surface area is 197 Å². The van der Waals surface area contributed by atoms with E-state index < -0.39 is 15.5 Å². The molecule has 1 fully saturated rings. The lowest BCUT2D eigenvalue weighted by molar-refractivity contribution is 0.0144. The number of hydrogen-bond acceptors (Lipinski definition) is 7. The molecule has 33 heavy (non-hydrogen) atoms. The van der Waals surface area contributed by atoms with Gasteiger partial charge >= 0.3 is 6.03 Å². The molecular weight excluding hydrogens is 446 g/mol. The quantitative estimate of drug-likeness (QED) is 0.321. The van der Waals surface area contributed by atoms with E-state index in [1.165, 1.54) is 0 Å². The summed E-state index contributed by atoms with van der Waals surface area (Å²) in [5, 5.41) is 5.61. The molecule has 188 valence electrons. The first-order chi connectivity index (χ1) is 15.9. The Morgan fingerprint density at radius 1 is 1.21 bits per heavy atom. The Morgan fingerprint density at radius 3 is 2.70 bits per heavy atom. The first kappa shape index (κ1) is 27.5. The molecule has 3 N–H and O–H groups in total. The predicted octanol–water partition coefficient (Wildman–Crippen LogP) is 1.44. The van der Waals surface area contributed by atoms with Gasteiger partial charge in [-0.3, -0.25) is 9.88 Å². The van der Waals surface area contributed by atoms with Gasteiger partial charge in [-0.15, -0.1) is 0 Å². The van der Waals surface area contributed by atoms with Crippen LogP contribution in [0.1, 0.15) is 45.1 Å². The number of hydrogen-bond donors (Lipinski definition) is 3. The second kappa shape index (κ2) is 15.2. The molecule has 11 heteroatoms. The summed E-state index contributed by atoms with van der Waals surface area (Å²) in [4.78, 5) is 18.1. The van der Waals surface area contributed by atoms with Crippen LogP contribution in [0.2, 0.25) is 0 Å². The van der Waals surface area contributed by atoms with Gasteiger partial charge in [0.05, 0.1) is 19.8 Å². The first-order valence-corrected chi connectivity index (χ1v) is 13.2. The number of ether oxygens (including phenoxy) is 2. The number of morpholine rings is 1. The second-order valence-corrected chi connectivity index (χ2v) is 10.2. The Balaban J connectivity index is 1.65. The molecule has 1 aromatic rings. The number of aromatic nitrogens is 1. The van der Waals surface area contributed by atoms with Gasteiger partial charge < -0.3 is 20.1 Å². The lowest BCUT2D eigenvalue weighted by Crippen LogP contribution is -2.42. The summed E-state index contributed by atoms with van der Waals surface area (Å²) in [6.45, 7) is 8.68. The van der Waals surface area contributed by atoms with Crippen molar-refractivity contribution in [3.05, 3.63) is 30.1 Å². The first-order valence-electron chi connectivity index (χ1n) is 11.7. The van der Waals surface area contributed by atoms with E-state index in [9.17, 15) is 13.2 Å². The highest BCUT2D eigenvalue weighted by atomic mass is 32.2. The van der Waals surface area contributed by atoms with Crippen LogP contribution in [0.4, 0.5) is 4.79 Å². The maximum absolute atomic E-state index is 12.7. The number of urea groups is 1. The maximum Gasteiger partial charge on any atom is 0.315 e. The van der Waals surface area contributed by atoms with E-state index >= 15 is 0 Å². The summed E-state index contributed by atoms with van der Waals surface area (Å²) < 4.78 is 39.2. The van der Waals surface area contributed by atoms with Crippen molar-refractivity contribution >= 4 is 16.1 Å². The minimum Gasteiger partial charge on any atom is -0.379 e. The molecule has 2 rings (SSSR count). The van der Waals surface area contributed by atoms with Crippen molar-refractivity contribution in [3.63, 3.8) is 0 Å². The average molecular weight is 486 g/mol. The van der Waals surface area contributed by atoms with Crippen molar-refractivity contribution in [3.8, 4) is 0 Å². The third-order valence-corrected chi connectivity index (χ3v) is 7.00. The number of nitrogens with zero attached hydrogens (tertiary/aromatic N) is 2. The van der Waals surface area contributed by atoms with Gasteiger partial charge in [-0.2, -0.15) is 0 Å². The summed E-state index contributed by atoms with van der Waals surface area (Å²) in [7, 11) is -3.56. The third kappa shape index (κ3) is 11.8. The molecule has 1 atom stereocenters. The zero-order valence-corrected chi connectivity index (χ0v) is 20.6. The SMILES string of the molecule is CC(C)NS(=O)(=O)C(CCCCCNC(=O)NCc1cccnc1)OCCN1CCOCC1. The highest BCUT2D eigenvalue weighted by Gasteiger charge is 2.26. The molecule has 0 radical (unpaired) electrons. The van der Waals surface area contributed by atoms with Crippen LogP contribution in [0.3, 0.4) is 0 Å². The van der Waals surface area contributed by atoms with Crippen LogP contribution < -0.4 is 15.4 Å².